The summed E-state index contributed by atoms with van der Waals surface area (Å²) < 4.78 is 0. The number of halogens is 1. The Morgan fingerprint density at radius 2 is 1.83 bits per heavy atom. The van der Waals surface area contributed by atoms with Crippen LogP contribution in [0.5, 0.6) is 0 Å². The number of hydrogen-bond donors (Lipinski definition) is 2. The van der Waals surface area contributed by atoms with Crippen molar-refractivity contribution in [3.05, 3.63) is 77.3 Å². The molecule has 1 saturated heterocycles. The molecule has 1 aliphatic heterocycles. The largest absolute Gasteiger partial charge is 0.351 e. The molecule has 1 fully saturated rings. The number of aromatic amines is 1. The second kappa shape index (κ2) is 9.24. The summed E-state index contributed by atoms with van der Waals surface area (Å²) in [6.07, 6.45) is 7.64. The van der Waals surface area contributed by atoms with E-state index in [0.717, 1.165) is 76.1 Å². The molecular weight excluding hydrogens is 458 g/mol. The topological polar surface area (TPSA) is 82.6 Å². The van der Waals surface area contributed by atoms with Crippen LogP contribution in [0.3, 0.4) is 0 Å². The van der Waals surface area contributed by atoms with Crippen LogP contribution >= 0.6 is 11.6 Å². The van der Waals surface area contributed by atoms with Gasteiger partial charge in [-0.15, -0.1) is 0 Å². The molecule has 176 valence electrons. The molecular formula is C27H26ClN7. The van der Waals surface area contributed by atoms with Gasteiger partial charge in [0.15, 0.2) is 0 Å². The van der Waals surface area contributed by atoms with Crippen molar-refractivity contribution in [1.29, 1.82) is 0 Å². The maximum absolute atomic E-state index is 6.01. The molecule has 5 aromatic rings. The fourth-order valence-corrected chi connectivity index (χ4v) is 5.00. The van der Waals surface area contributed by atoms with Gasteiger partial charge in [-0.25, -0.2) is 9.97 Å². The number of rotatable bonds is 5. The summed E-state index contributed by atoms with van der Waals surface area (Å²) >= 11 is 6.01. The average Bonchev–Trinajstić information content (AvgIpc) is 3.36. The number of aromatic nitrogens is 5. The molecule has 4 heterocycles. The van der Waals surface area contributed by atoms with E-state index in [0.29, 0.717) is 12.0 Å². The van der Waals surface area contributed by atoms with Gasteiger partial charge in [-0.2, -0.15) is 5.10 Å². The van der Waals surface area contributed by atoms with Crippen molar-refractivity contribution in [2.24, 2.45) is 0 Å². The SMILES string of the molecule is Cc1nc(NC2CCN(Cc3ccc(Cl)cc3)CC2)nc2ccc(-c3cncc4[nH]ncc34)cc12. The highest BCUT2D eigenvalue weighted by atomic mass is 35.5. The zero-order valence-corrected chi connectivity index (χ0v) is 20.3. The van der Waals surface area contributed by atoms with E-state index in [4.69, 9.17) is 21.6 Å². The van der Waals surface area contributed by atoms with Gasteiger partial charge in [0.05, 0.1) is 29.1 Å². The second-order valence-corrected chi connectivity index (χ2v) is 9.64. The first-order valence-electron chi connectivity index (χ1n) is 11.9. The number of likely N-dealkylation sites (tertiary alicyclic amines) is 1. The molecule has 7 nitrogen and oxygen atoms in total. The fraction of sp³-hybridized carbons (Fsp3) is 0.259. The van der Waals surface area contributed by atoms with Crippen molar-refractivity contribution >= 4 is 39.4 Å². The monoisotopic (exact) mass is 483 g/mol. The van der Waals surface area contributed by atoms with E-state index < -0.39 is 0 Å². The lowest BCUT2D eigenvalue weighted by Gasteiger charge is -2.32. The van der Waals surface area contributed by atoms with Crippen LogP contribution < -0.4 is 5.32 Å². The summed E-state index contributed by atoms with van der Waals surface area (Å²) in [5, 5.41) is 13.6. The fourth-order valence-electron chi connectivity index (χ4n) is 4.87. The molecule has 0 saturated carbocycles. The molecule has 0 atom stereocenters. The van der Waals surface area contributed by atoms with Crippen LogP contribution in [0, 0.1) is 6.92 Å². The summed E-state index contributed by atoms with van der Waals surface area (Å²) in [6, 6.07) is 14.8. The first kappa shape index (κ1) is 21.9. The number of hydrogen-bond acceptors (Lipinski definition) is 6. The Kier molecular flexibility index (Phi) is 5.80. The van der Waals surface area contributed by atoms with Crippen molar-refractivity contribution in [2.45, 2.75) is 32.4 Å². The molecule has 6 rings (SSSR count). The highest BCUT2D eigenvalue weighted by Crippen LogP contribution is 2.30. The van der Waals surface area contributed by atoms with E-state index >= 15 is 0 Å². The van der Waals surface area contributed by atoms with Gasteiger partial charge in [-0.1, -0.05) is 29.8 Å². The number of piperidine rings is 1. The zero-order valence-electron chi connectivity index (χ0n) is 19.5. The first-order chi connectivity index (χ1) is 17.1. The number of aryl methyl sites for hydroxylation is 1. The van der Waals surface area contributed by atoms with E-state index in [2.05, 4.69) is 55.7 Å². The Labute approximate surface area is 208 Å². The average molecular weight is 484 g/mol. The van der Waals surface area contributed by atoms with Gasteiger partial charge in [0.2, 0.25) is 5.95 Å². The standard InChI is InChI=1S/C27H26ClN7/c1-17-22-12-19(23-13-29-15-26-24(23)14-30-34-26)4-7-25(22)33-27(31-17)32-21-8-10-35(11-9-21)16-18-2-5-20(28)6-3-18/h2-7,12-15,21H,8-11,16H2,1H3,(H,30,34)(H,31,32,33). The van der Waals surface area contributed by atoms with Gasteiger partial charge in [0.25, 0.3) is 0 Å². The number of nitrogens with zero attached hydrogens (tertiary/aromatic N) is 5. The third-order valence-electron chi connectivity index (χ3n) is 6.80. The normalized spacial score (nSPS) is 15.1. The van der Waals surface area contributed by atoms with Crippen LogP contribution in [-0.2, 0) is 6.54 Å². The third-order valence-corrected chi connectivity index (χ3v) is 7.06. The smallest absolute Gasteiger partial charge is 0.223 e. The predicted molar refractivity (Wildman–Crippen MR) is 141 cm³/mol. The lowest BCUT2D eigenvalue weighted by molar-refractivity contribution is 0.211. The maximum Gasteiger partial charge on any atom is 0.223 e. The Hall–Kier alpha value is -3.55. The Bertz CT molecular complexity index is 1490. The molecule has 0 radical (unpaired) electrons. The van der Waals surface area contributed by atoms with E-state index in [1.807, 2.05) is 31.5 Å². The van der Waals surface area contributed by atoms with E-state index in [9.17, 15) is 0 Å². The molecule has 0 aliphatic carbocycles. The lowest BCUT2D eigenvalue weighted by Crippen LogP contribution is -2.39. The molecule has 3 aromatic heterocycles. The van der Waals surface area contributed by atoms with Crippen LogP contribution in [0.25, 0.3) is 32.9 Å². The quantitative estimate of drug-likeness (QED) is 0.338. The number of anilines is 1. The van der Waals surface area contributed by atoms with Crippen molar-refractivity contribution in [2.75, 3.05) is 18.4 Å². The van der Waals surface area contributed by atoms with Crippen LogP contribution in [0.2, 0.25) is 5.02 Å². The van der Waals surface area contributed by atoms with Gasteiger partial charge < -0.3 is 5.32 Å². The Balaban J connectivity index is 1.16. The molecule has 1 aliphatic rings. The van der Waals surface area contributed by atoms with Crippen LogP contribution in [0.15, 0.2) is 61.1 Å². The van der Waals surface area contributed by atoms with Crippen molar-refractivity contribution in [1.82, 2.24) is 30.0 Å². The van der Waals surface area contributed by atoms with Crippen molar-refractivity contribution in [3.63, 3.8) is 0 Å². The molecule has 8 heteroatoms. The van der Waals surface area contributed by atoms with Crippen molar-refractivity contribution in [3.8, 4) is 11.1 Å². The van der Waals surface area contributed by atoms with E-state index in [1.165, 1.54) is 5.56 Å². The first-order valence-corrected chi connectivity index (χ1v) is 12.3. The minimum Gasteiger partial charge on any atom is -0.351 e. The lowest BCUT2D eigenvalue weighted by atomic mass is 10.0. The second-order valence-electron chi connectivity index (χ2n) is 9.20. The Morgan fingerprint density at radius 1 is 1.00 bits per heavy atom. The summed E-state index contributed by atoms with van der Waals surface area (Å²) in [5.74, 6) is 0.706. The number of nitrogens with one attached hydrogen (secondary N) is 2. The molecule has 2 aromatic carbocycles. The third kappa shape index (κ3) is 4.57. The van der Waals surface area contributed by atoms with E-state index in [-0.39, 0.29) is 0 Å². The van der Waals surface area contributed by atoms with Gasteiger partial charge in [-0.3, -0.25) is 15.0 Å². The predicted octanol–water partition coefficient (Wildman–Crippen LogP) is 5.61. The summed E-state index contributed by atoms with van der Waals surface area (Å²) in [4.78, 5) is 16.5. The number of H-pyrrole nitrogens is 1. The maximum atomic E-state index is 6.01. The summed E-state index contributed by atoms with van der Waals surface area (Å²) in [5.41, 5.74) is 6.26. The summed E-state index contributed by atoms with van der Waals surface area (Å²) in [7, 11) is 0. The highest BCUT2D eigenvalue weighted by Gasteiger charge is 2.20. The van der Waals surface area contributed by atoms with Crippen LogP contribution in [0.1, 0.15) is 24.1 Å². The van der Waals surface area contributed by atoms with Gasteiger partial charge in [0, 0.05) is 53.2 Å². The van der Waals surface area contributed by atoms with Gasteiger partial charge >= 0.3 is 0 Å². The minimum atomic E-state index is 0.373. The number of fused-ring (bicyclic) bond motifs is 2. The van der Waals surface area contributed by atoms with Crippen LogP contribution in [-0.4, -0.2) is 49.2 Å². The van der Waals surface area contributed by atoms with Gasteiger partial charge in [-0.05, 0) is 55.2 Å². The van der Waals surface area contributed by atoms with E-state index in [1.54, 1.807) is 6.20 Å². The minimum absolute atomic E-state index is 0.373. The zero-order chi connectivity index (χ0) is 23.8. The molecule has 0 unspecified atom stereocenters. The van der Waals surface area contributed by atoms with Crippen LogP contribution in [0.4, 0.5) is 5.95 Å². The molecule has 0 spiro atoms. The number of benzene rings is 2. The Morgan fingerprint density at radius 3 is 2.66 bits per heavy atom. The van der Waals surface area contributed by atoms with Gasteiger partial charge in [0.1, 0.15) is 0 Å². The summed E-state index contributed by atoms with van der Waals surface area (Å²) in [6.45, 7) is 5.10. The highest BCUT2D eigenvalue weighted by molar-refractivity contribution is 6.30. The van der Waals surface area contributed by atoms with Crippen molar-refractivity contribution < 1.29 is 0 Å². The number of pyridine rings is 1. The molecule has 0 bridgehead atoms. The molecule has 2 N–H and O–H groups in total. The molecule has 0 amide bonds. The molecule has 35 heavy (non-hydrogen) atoms.